The fraction of sp³-hybridized carbons (Fsp3) is 0.250. The van der Waals surface area contributed by atoms with Crippen molar-refractivity contribution in [2.24, 2.45) is 0 Å². The van der Waals surface area contributed by atoms with Crippen molar-refractivity contribution in [2.75, 3.05) is 6.54 Å². The average molecular weight is 348 g/mol. The van der Waals surface area contributed by atoms with Crippen molar-refractivity contribution in [1.82, 2.24) is 19.4 Å². The first-order valence-electron chi connectivity index (χ1n) is 8.72. The van der Waals surface area contributed by atoms with E-state index in [0.29, 0.717) is 11.5 Å². The highest BCUT2D eigenvalue weighted by Crippen LogP contribution is 2.30. The van der Waals surface area contributed by atoms with E-state index in [1.165, 1.54) is 0 Å². The predicted octanol–water partition coefficient (Wildman–Crippen LogP) is 2.61. The van der Waals surface area contributed by atoms with E-state index < -0.39 is 6.10 Å². The molecule has 1 saturated carbocycles. The number of aliphatic hydroxyl groups is 1. The molecule has 1 aliphatic rings. The van der Waals surface area contributed by atoms with Gasteiger partial charge >= 0.3 is 0 Å². The van der Waals surface area contributed by atoms with E-state index in [0.717, 1.165) is 18.4 Å². The number of pyridine rings is 1. The molecule has 4 rings (SSSR count). The van der Waals surface area contributed by atoms with Crippen LogP contribution < -0.4 is 0 Å². The summed E-state index contributed by atoms with van der Waals surface area (Å²) in [5, 5.41) is 10.5. The van der Waals surface area contributed by atoms with Crippen molar-refractivity contribution in [3.63, 3.8) is 0 Å². The standard InChI is InChI=1S/C20H20N4O2/c25-18(15-5-2-1-3-6-15)13-24(16-9-10-16)20(26)17-7-4-8-19(22-17)23-12-11-21-14-23/h1-8,11-12,14,16,18,25H,9-10,13H2/t18-/m1/s1. The molecule has 1 N–H and O–H groups in total. The van der Waals surface area contributed by atoms with E-state index in [-0.39, 0.29) is 18.5 Å². The van der Waals surface area contributed by atoms with Gasteiger partial charge < -0.3 is 10.0 Å². The smallest absolute Gasteiger partial charge is 0.272 e. The molecule has 3 aromatic rings. The van der Waals surface area contributed by atoms with Gasteiger partial charge in [0.2, 0.25) is 0 Å². The summed E-state index contributed by atoms with van der Waals surface area (Å²) in [7, 11) is 0. The van der Waals surface area contributed by atoms with Crippen LogP contribution in [-0.2, 0) is 0 Å². The number of carbonyl (C=O) groups excluding carboxylic acids is 1. The van der Waals surface area contributed by atoms with E-state index in [1.54, 1.807) is 34.3 Å². The van der Waals surface area contributed by atoms with Crippen molar-refractivity contribution in [3.05, 3.63) is 78.5 Å². The lowest BCUT2D eigenvalue weighted by atomic mass is 10.1. The minimum absolute atomic E-state index is 0.149. The van der Waals surface area contributed by atoms with Crippen molar-refractivity contribution in [3.8, 4) is 5.82 Å². The SMILES string of the molecule is O=C(c1cccc(-n2ccnc2)n1)N(C[C@@H](O)c1ccccc1)C1CC1. The number of imidazole rings is 1. The van der Waals surface area contributed by atoms with Gasteiger partial charge in [0.05, 0.1) is 12.6 Å². The maximum absolute atomic E-state index is 13.0. The largest absolute Gasteiger partial charge is 0.387 e. The van der Waals surface area contributed by atoms with Crippen molar-refractivity contribution >= 4 is 5.91 Å². The Bertz CT molecular complexity index is 876. The number of nitrogens with zero attached hydrogens (tertiary/aromatic N) is 4. The third kappa shape index (κ3) is 3.50. The van der Waals surface area contributed by atoms with Crippen LogP contribution >= 0.6 is 0 Å². The molecule has 26 heavy (non-hydrogen) atoms. The van der Waals surface area contributed by atoms with Gasteiger partial charge in [-0.15, -0.1) is 0 Å². The lowest BCUT2D eigenvalue weighted by Crippen LogP contribution is -2.37. The number of hydrogen-bond donors (Lipinski definition) is 1. The number of aromatic nitrogens is 3. The molecule has 1 fully saturated rings. The monoisotopic (exact) mass is 348 g/mol. The topological polar surface area (TPSA) is 71.2 Å². The van der Waals surface area contributed by atoms with Gasteiger partial charge in [0.25, 0.3) is 5.91 Å². The van der Waals surface area contributed by atoms with Gasteiger partial charge in [-0.2, -0.15) is 0 Å². The Morgan fingerprint density at radius 3 is 2.69 bits per heavy atom. The molecule has 0 bridgehead atoms. The van der Waals surface area contributed by atoms with Gasteiger partial charge in [-0.05, 0) is 30.5 Å². The molecule has 132 valence electrons. The first-order valence-corrected chi connectivity index (χ1v) is 8.72. The van der Waals surface area contributed by atoms with Gasteiger partial charge in [0.1, 0.15) is 17.8 Å². The second kappa shape index (κ2) is 7.09. The molecule has 0 radical (unpaired) electrons. The molecule has 1 aromatic carbocycles. The van der Waals surface area contributed by atoms with Gasteiger partial charge in [0.15, 0.2) is 0 Å². The summed E-state index contributed by atoms with van der Waals surface area (Å²) >= 11 is 0. The van der Waals surface area contributed by atoms with Gasteiger partial charge in [-0.25, -0.2) is 9.97 Å². The summed E-state index contributed by atoms with van der Waals surface area (Å²) in [4.78, 5) is 23.3. The molecule has 0 unspecified atom stereocenters. The van der Waals surface area contributed by atoms with Crippen LogP contribution in [0.3, 0.4) is 0 Å². The molecular formula is C20H20N4O2. The number of carbonyl (C=O) groups is 1. The molecule has 0 saturated heterocycles. The Hall–Kier alpha value is -2.99. The Balaban J connectivity index is 1.55. The minimum atomic E-state index is -0.711. The molecule has 6 heteroatoms. The van der Waals surface area contributed by atoms with E-state index >= 15 is 0 Å². The molecule has 0 spiro atoms. The van der Waals surface area contributed by atoms with Crippen LogP contribution in [0.15, 0.2) is 67.3 Å². The molecular weight excluding hydrogens is 328 g/mol. The van der Waals surface area contributed by atoms with Crippen molar-refractivity contribution in [1.29, 1.82) is 0 Å². The van der Waals surface area contributed by atoms with E-state index in [1.807, 2.05) is 42.5 Å². The van der Waals surface area contributed by atoms with E-state index in [2.05, 4.69) is 9.97 Å². The maximum atomic E-state index is 13.0. The van der Waals surface area contributed by atoms with Crippen LogP contribution in [-0.4, -0.2) is 43.0 Å². The zero-order valence-corrected chi connectivity index (χ0v) is 14.3. The first-order chi connectivity index (χ1) is 12.7. The predicted molar refractivity (Wildman–Crippen MR) is 96.8 cm³/mol. The number of hydrogen-bond acceptors (Lipinski definition) is 4. The second-order valence-electron chi connectivity index (χ2n) is 6.47. The second-order valence-corrected chi connectivity index (χ2v) is 6.47. The number of aliphatic hydroxyl groups excluding tert-OH is 1. The highest BCUT2D eigenvalue weighted by molar-refractivity contribution is 5.93. The Morgan fingerprint density at radius 1 is 1.19 bits per heavy atom. The summed E-state index contributed by atoms with van der Waals surface area (Å²) in [6.07, 6.45) is 6.33. The van der Waals surface area contributed by atoms with E-state index in [9.17, 15) is 9.90 Å². The Kier molecular flexibility index (Phi) is 4.50. The molecule has 2 heterocycles. The molecule has 1 aliphatic carbocycles. The zero-order valence-electron chi connectivity index (χ0n) is 14.3. The van der Waals surface area contributed by atoms with Crippen LogP contribution in [0.4, 0.5) is 0 Å². The molecule has 1 amide bonds. The Labute approximate surface area is 151 Å². The van der Waals surface area contributed by atoms with Crippen LogP contribution in [0.2, 0.25) is 0 Å². The highest BCUT2D eigenvalue weighted by atomic mass is 16.3. The average Bonchev–Trinajstić information content (AvgIpc) is 3.38. The van der Waals surface area contributed by atoms with Crippen LogP contribution in [0.1, 0.15) is 35.0 Å². The summed E-state index contributed by atoms with van der Waals surface area (Å²) < 4.78 is 1.76. The van der Waals surface area contributed by atoms with Gasteiger partial charge in [0, 0.05) is 18.4 Å². The quantitative estimate of drug-likeness (QED) is 0.743. The summed E-state index contributed by atoms with van der Waals surface area (Å²) in [5.41, 5.74) is 1.19. The summed E-state index contributed by atoms with van der Waals surface area (Å²) in [5.74, 6) is 0.497. The zero-order chi connectivity index (χ0) is 17.9. The first kappa shape index (κ1) is 16.5. The number of amides is 1. The third-order valence-electron chi connectivity index (χ3n) is 4.52. The van der Waals surface area contributed by atoms with Gasteiger partial charge in [-0.1, -0.05) is 36.4 Å². The van der Waals surface area contributed by atoms with Crippen LogP contribution in [0, 0.1) is 0 Å². The van der Waals surface area contributed by atoms with Crippen molar-refractivity contribution in [2.45, 2.75) is 25.0 Å². The van der Waals surface area contributed by atoms with Gasteiger partial charge in [-0.3, -0.25) is 9.36 Å². The fourth-order valence-corrected chi connectivity index (χ4v) is 2.98. The lowest BCUT2D eigenvalue weighted by molar-refractivity contribution is 0.0597. The van der Waals surface area contributed by atoms with Crippen molar-refractivity contribution < 1.29 is 9.90 Å². The molecule has 2 aromatic heterocycles. The van der Waals surface area contributed by atoms with Crippen LogP contribution in [0.5, 0.6) is 0 Å². The Morgan fingerprint density at radius 2 is 2.00 bits per heavy atom. The number of rotatable bonds is 6. The minimum Gasteiger partial charge on any atom is -0.387 e. The molecule has 0 aliphatic heterocycles. The normalized spacial score (nSPS) is 14.8. The maximum Gasteiger partial charge on any atom is 0.272 e. The summed E-state index contributed by atoms with van der Waals surface area (Å²) in [6.45, 7) is 0.268. The summed E-state index contributed by atoms with van der Waals surface area (Å²) in [6, 6.07) is 15.0. The number of benzene rings is 1. The molecule has 1 atom stereocenters. The molecule has 6 nitrogen and oxygen atoms in total. The third-order valence-corrected chi connectivity index (χ3v) is 4.52. The van der Waals surface area contributed by atoms with E-state index in [4.69, 9.17) is 0 Å². The lowest BCUT2D eigenvalue weighted by Gasteiger charge is -2.25. The highest BCUT2D eigenvalue weighted by Gasteiger charge is 2.35. The fourth-order valence-electron chi connectivity index (χ4n) is 2.98. The van der Waals surface area contributed by atoms with Crippen LogP contribution in [0.25, 0.3) is 5.82 Å².